The summed E-state index contributed by atoms with van der Waals surface area (Å²) < 4.78 is 46.2. The molecule has 1 aromatic carbocycles. The third-order valence-electron chi connectivity index (χ3n) is 5.01. The number of hydrogen-bond donors (Lipinski definition) is 1. The minimum atomic E-state index is -4.76. The number of hydrogen-bond acceptors (Lipinski definition) is 4. The second-order valence-electron chi connectivity index (χ2n) is 6.79. The van der Waals surface area contributed by atoms with Crippen molar-refractivity contribution in [1.82, 2.24) is 15.2 Å². The summed E-state index contributed by atoms with van der Waals surface area (Å²) >= 11 is 0. The van der Waals surface area contributed by atoms with Crippen LogP contribution in [0.25, 0.3) is 10.9 Å². The molecule has 0 radical (unpaired) electrons. The Morgan fingerprint density at radius 3 is 2.71 bits per heavy atom. The Morgan fingerprint density at radius 2 is 2.04 bits per heavy atom. The lowest BCUT2D eigenvalue weighted by molar-refractivity contribution is -0.217. The average molecular weight is 395 g/mol. The largest absolute Gasteiger partial charge is 0.479 e. The van der Waals surface area contributed by atoms with Gasteiger partial charge in [0.15, 0.2) is 11.5 Å². The Balaban J connectivity index is 1.73. The van der Waals surface area contributed by atoms with Crippen LogP contribution in [0.5, 0.6) is 5.75 Å². The topological polar surface area (TPSA) is 71.5 Å². The van der Waals surface area contributed by atoms with Crippen LogP contribution in [0.2, 0.25) is 0 Å². The van der Waals surface area contributed by atoms with Crippen molar-refractivity contribution in [3.05, 3.63) is 36.5 Å². The standard InChI is InChI=1S/C19H20F3N3O3/c1-12(28-14-9-13-5-3-4-6-15(13)24-10-14)16(26)25-8-7-18(11-25,17(27)23-2)19(20,21)22/h3-6,9-10,12H,7-8,11H2,1-2H3,(H,23,27)/t12-,18?/m0/s1. The summed E-state index contributed by atoms with van der Waals surface area (Å²) in [6.07, 6.45) is -4.79. The van der Waals surface area contributed by atoms with Gasteiger partial charge in [-0.25, -0.2) is 0 Å². The van der Waals surface area contributed by atoms with Crippen molar-refractivity contribution in [3.63, 3.8) is 0 Å². The van der Waals surface area contributed by atoms with Crippen molar-refractivity contribution >= 4 is 22.7 Å². The lowest BCUT2D eigenvalue weighted by Gasteiger charge is -2.30. The zero-order valence-electron chi connectivity index (χ0n) is 15.4. The molecule has 2 heterocycles. The summed E-state index contributed by atoms with van der Waals surface area (Å²) in [5.41, 5.74) is -1.84. The van der Waals surface area contributed by atoms with E-state index in [1.807, 2.05) is 24.3 Å². The predicted molar refractivity (Wildman–Crippen MR) is 95.6 cm³/mol. The van der Waals surface area contributed by atoms with Crippen molar-refractivity contribution in [1.29, 1.82) is 0 Å². The van der Waals surface area contributed by atoms with Crippen LogP contribution in [0.4, 0.5) is 13.2 Å². The molecule has 1 aliphatic rings. The van der Waals surface area contributed by atoms with Crippen molar-refractivity contribution in [2.75, 3.05) is 20.1 Å². The third-order valence-corrected chi connectivity index (χ3v) is 5.01. The second-order valence-corrected chi connectivity index (χ2v) is 6.79. The van der Waals surface area contributed by atoms with Gasteiger partial charge in [0.2, 0.25) is 5.91 Å². The molecule has 0 spiro atoms. The number of rotatable bonds is 4. The van der Waals surface area contributed by atoms with Crippen LogP contribution in [-0.4, -0.2) is 54.1 Å². The number of amides is 2. The fourth-order valence-corrected chi connectivity index (χ4v) is 3.41. The number of aromatic nitrogens is 1. The first-order valence-corrected chi connectivity index (χ1v) is 8.77. The van der Waals surface area contributed by atoms with Gasteiger partial charge in [-0.2, -0.15) is 13.2 Å². The van der Waals surface area contributed by atoms with Crippen molar-refractivity contribution < 1.29 is 27.5 Å². The quantitative estimate of drug-likeness (QED) is 0.864. The number of likely N-dealkylation sites (tertiary alicyclic amines) is 1. The number of pyridine rings is 1. The van der Waals surface area contributed by atoms with Crippen LogP contribution in [0.3, 0.4) is 0 Å². The number of alkyl halides is 3. The minimum absolute atomic E-state index is 0.171. The van der Waals surface area contributed by atoms with Gasteiger partial charge in [-0.1, -0.05) is 18.2 Å². The molecule has 3 rings (SSSR count). The van der Waals surface area contributed by atoms with E-state index in [-0.39, 0.29) is 6.54 Å². The van der Waals surface area contributed by atoms with Gasteiger partial charge in [-0.05, 0) is 25.5 Å². The van der Waals surface area contributed by atoms with Crippen molar-refractivity contribution in [3.8, 4) is 5.75 Å². The van der Waals surface area contributed by atoms with Gasteiger partial charge < -0.3 is 15.0 Å². The first kappa shape index (κ1) is 19.9. The molecule has 2 amide bonds. The molecule has 9 heteroatoms. The third kappa shape index (κ3) is 3.48. The maximum Gasteiger partial charge on any atom is 0.404 e. The molecule has 1 saturated heterocycles. The highest BCUT2D eigenvalue weighted by Gasteiger charge is 2.63. The van der Waals surface area contributed by atoms with Gasteiger partial charge in [0.1, 0.15) is 5.75 Å². The fraction of sp³-hybridized carbons (Fsp3) is 0.421. The minimum Gasteiger partial charge on any atom is -0.479 e. The van der Waals surface area contributed by atoms with Gasteiger partial charge in [0.25, 0.3) is 5.91 Å². The van der Waals surface area contributed by atoms with Gasteiger partial charge in [-0.15, -0.1) is 0 Å². The number of ether oxygens (including phenoxy) is 1. The molecular weight excluding hydrogens is 375 g/mol. The Labute approximate surface area is 159 Å². The first-order chi connectivity index (χ1) is 13.2. The molecule has 1 aromatic heterocycles. The van der Waals surface area contributed by atoms with E-state index in [9.17, 15) is 22.8 Å². The smallest absolute Gasteiger partial charge is 0.404 e. The normalized spacial score (nSPS) is 20.8. The molecule has 6 nitrogen and oxygen atoms in total. The zero-order valence-corrected chi connectivity index (χ0v) is 15.4. The molecule has 1 fully saturated rings. The molecule has 150 valence electrons. The van der Waals surface area contributed by atoms with Gasteiger partial charge in [0, 0.05) is 25.5 Å². The number of carbonyl (C=O) groups excluding carboxylic acids is 2. The van der Waals surface area contributed by atoms with Crippen LogP contribution >= 0.6 is 0 Å². The van der Waals surface area contributed by atoms with Gasteiger partial charge in [0.05, 0.1) is 11.7 Å². The summed E-state index contributed by atoms with van der Waals surface area (Å²) in [6.45, 7) is 0.569. The number of nitrogens with zero attached hydrogens (tertiary/aromatic N) is 2. The highest BCUT2D eigenvalue weighted by Crippen LogP contribution is 2.45. The zero-order chi connectivity index (χ0) is 20.5. The Morgan fingerprint density at radius 1 is 1.32 bits per heavy atom. The lowest BCUT2D eigenvalue weighted by Crippen LogP contribution is -2.52. The molecule has 2 aromatic rings. The van der Waals surface area contributed by atoms with E-state index in [1.165, 1.54) is 13.1 Å². The summed E-state index contributed by atoms with van der Waals surface area (Å²) in [4.78, 5) is 29.8. The van der Waals surface area contributed by atoms with Crippen LogP contribution in [0, 0.1) is 5.41 Å². The van der Waals surface area contributed by atoms with E-state index in [2.05, 4.69) is 10.3 Å². The average Bonchev–Trinajstić information content (AvgIpc) is 3.13. The number of carbonyl (C=O) groups is 2. The number of fused-ring (bicyclic) bond motifs is 1. The Bertz CT molecular complexity index is 903. The highest BCUT2D eigenvalue weighted by molar-refractivity contribution is 5.87. The van der Waals surface area contributed by atoms with Crippen LogP contribution in [0.1, 0.15) is 13.3 Å². The number of para-hydroxylation sites is 1. The van der Waals surface area contributed by atoms with Gasteiger partial charge in [-0.3, -0.25) is 14.6 Å². The first-order valence-electron chi connectivity index (χ1n) is 8.77. The molecule has 0 aliphatic carbocycles. The lowest BCUT2D eigenvalue weighted by atomic mass is 9.85. The molecule has 1 aliphatic heterocycles. The number of nitrogens with one attached hydrogen (secondary N) is 1. The molecule has 1 unspecified atom stereocenters. The molecule has 28 heavy (non-hydrogen) atoms. The van der Waals surface area contributed by atoms with Crippen LogP contribution < -0.4 is 10.1 Å². The molecule has 2 atom stereocenters. The second kappa shape index (κ2) is 7.29. The Hall–Kier alpha value is -2.84. The van der Waals surface area contributed by atoms with E-state index in [0.717, 1.165) is 22.9 Å². The Kier molecular flexibility index (Phi) is 5.18. The maximum absolute atomic E-state index is 13.5. The number of halogens is 3. The van der Waals surface area contributed by atoms with Crippen molar-refractivity contribution in [2.45, 2.75) is 25.6 Å². The van der Waals surface area contributed by atoms with E-state index >= 15 is 0 Å². The summed E-state index contributed by atoms with van der Waals surface area (Å²) in [5, 5.41) is 2.88. The summed E-state index contributed by atoms with van der Waals surface area (Å²) in [5.74, 6) is -1.40. The SMILES string of the molecule is CNC(=O)C1(C(F)(F)F)CCN(C(=O)[C@H](C)Oc2cnc3ccccc3c2)C1. The van der Waals surface area contributed by atoms with E-state index in [0.29, 0.717) is 5.75 Å². The highest BCUT2D eigenvalue weighted by atomic mass is 19.4. The monoisotopic (exact) mass is 395 g/mol. The van der Waals surface area contributed by atoms with E-state index in [1.54, 1.807) is 6.07 Å². The van der Waals surface area contributed by atoms with E-state index in [4.69, 9.17) is 4.74 Å². The maximum atomic E-state index is 13.5. The molecule has 1 N–H and O–H groups in total. The van der Waals surface area contributed by atoms with Gasteiger partial charge >= 0.3 is 6.18 Å². The fourth-order valence-electron chi connectivity index (χ4n) is 3.41. The van der Waals surface area contributed by atoms with E-state index < -0.39 is 42.5 Å². The number of benzene rings is 1. The van der Waals surface area contributed by atoms with Crippen LogP contribution in [0.15, 0.2) is 36.5 Å². The summed E-state index contributed by atoms with van der Waals surface area (Å²) in [7, 11) is 1.15. The molecule has 0 bridgehead atoms. The predicted octanol–water partition coefficient (Wildman–Crippen LogP) is 2.53. The molecular formula is C19H20F3N3O3. The van der Waals surface area contributed by atoms with Crippen molar-refractivity contribution in [2.24, 2.45) is 5.41 Å². The van der Waals surface area contributed by atoms with Crippen LogP contribution in [-0.2, 0) is 9.59 Å². The molecule has 0 saturated carbocycles. The summed E-state index contributed by atoms with van der Waals surface area (Å²) in [6, 6.07) is 9.05.